The maximum Gasteiger partial charge on any atom is 0.256 e. The predicted molar refractivity (Wildman–Crippen MR) is 91.7 cm³/mol. The van der Waals surface area contributed by atoms with E-state index in [9.17, 15) is 14.4 Å². The second kappa shape index (κ2) is 6.54. The standard InChI is InChI=1S/C18H17N3O3/c1-12(22)19-13-7-9-14(10-8-13)20-16-11-17(23)21(18(16)24)15-5-3-2-4-6-15/h2-10,16,20H,11H2,1H3,(H,19,22)/t16-/m1/s1. The maximum absolute atomic E-state index is 12.5. The number of hydrogen-bond acceptors (Lipinski definition) is 4. The summed E-state index contributed by atoms with van der Waals surface area (Å²) in [5, 5.41) is 5.75. The summed E-state index contributed by atoms with van der Waals surface area (Å²) in [7, 11) is 0. The van der Waals surface area contributed by atoms with Crippen molar-refractivity contribution in [3.05, 3.63) is 54.6 Å². The Bertz CT molecular complexity index is 772. The Morgan fingerprint density at radius 1 is 1.00 bits per heavy atom. The van der Waals surface area contributed by atoms with Gasteiger partial charge in [-0.1, -0.05) is 18.2 Å². The molecule has 0 aliphatic carbocycles. The van der Waals surface area contributed by atoms with E-state index >= 15 is 0 Å². The Balaban J connectivity index is 1.71. The van der Waals surface area contributed by atoms with E-state index in [4.69, 9.17) is 0 Å². The first-order valence-electron chi connectivity index (χ1n) is 7.60. The van der Waals surface area contributed by atoms with Gasteiger partial charge in [-0.3, -0.25) is 14.4 Å². The minimum Gasteiger partial charge on any atom is -0.373 e. The summed E-state index contributed by atoms with van der Waals surface area (Å²) in [4.78, 5) is 36.9. The molecule has 1 fully saturated rings. The molecule has 1 atom stereocenters. The van der Waals surface area contributed by atoms with Crippen LogP contribution in [0.1, 0.15) is 13.3 Å². The molecule has 2 aromatic rings. The van der Waals surface area contributed by atoms with Crippen LogP contribution in [0.2, 0.25) is 0 Å². The first-order valence-corrected chi connectivity index (χ1v) is 7.60. The average molecular weight is 323 g/mol. The van der Waals surface area contributed by atoms with Crippen molar-refractivity contribution in [1.82, 2.24) is 0 Å². The highest BCUT2D eigenvalue weighted by Gasteiger charge is 2.39. The quantitative estimate of drug-likeness (QED) is 0.847. The molecule has 0 unspecified atom stereocenters. The van der Waals surface area contributed by atoms with Gasteiger partial charge in [-0.05, 0) is 36.4 Å². The molecule has 1 aliphatic rings. The van der Waals surface area contributed by atoms with Crippen LogP contribution in [-0.2, 0) is 14.4 Å². The van der Waals surface area contributed by atoms with Gasteiger partial charge in [0, 0.05) is 18.3 Å². The number of carbonyl (C=O) groups excluding carboxylic acids is 3. The fourth-order valence-electron chi connectivity index (χ4n) is 2.65. The van der Waals surface area contributed by atoms with Crippen molar-refractivity contribution in [3.63, 3.8) is 0 Å². The molecule has 6 nitrogen and oxygen atoms in total. The zero-order valence-corrected chi connectivity index (χ0v) is 13.2. The fraction of sp³-hybridized carbons (Fsp3) is 0.167. The van der Waals surface area contributed by atoms with Crippen LogP contribution in [0.25, 0.3) is 0 Å². The highest BCUT2D eigenvalue weighted by Crippen LogP contribution is 2.25. The highest BCUT2D eigenvalue weighted by molar-refractivity contribution is 6.23. The third kappa shape index (κ3) is 3.27. The van der Waals surface area contributed by atoms with Gasteiger partial charge in [-0.15, -0.1) is 0 Å². The van der Waals surface area contributed by atoms with Gasteiger partial charge in [0.15, 0.2) is 0 Å². The number of nitrogens with zero attached hydrogens (tertiary/aromatic N) is 1. The molecule has 0 aromatic heterocycles. The van der Waals surface area contributed by atoms with Gasteiger partial charge in [-0.25, -0.2) is 4.90 Å². The molecule has 1 aliphatic heterocycles. The molecular formula is C18H17N3O3. The molecule has 1 saturated heterocycles. The molecular weight excluding hydrogens is 306 g/mol. The molecule has 3 rings (SSSR count). The van der Waals surface area contributed by atoms with Crippen LogP contribution in [0, 0.1) is 0 Å². The lowest BCUT2D eigenvalue weighted by Crippen LogP contribution is -2.34. The summed E-state index contributed by atoms with van der Waals surface area (Å²) in [6, 6.07) is 15.3. The third-order valence-corrected chi connectivity index (χ3v) is 3.71. The number of para-hydroxylation sites is 1. The Kier molecular flexibility index (Phi) is 4.29. The summed E-state index contributed by atoms with van der Waals surface area (Å²) >= 11 is 0. The van der Waals surface area contributed by atoms with Crippen molar-refractivity contribution in [2.45, 2.75) is 19.4 Å². The molecule has 24 heavy (non-hydrogen) atoms. The first kappa shape index (κ1) is 15.7. The summed E-state index contributed by atoms with van der Waals surface area (Å²) in [6.07, 6.45) is 0.112. The van der Waals surface area contributed by atoms with Gasteiger partial charge >= 0.3 is 0 Å². The maximum atomic E-state index is 12.5. The van der Waals surface area contributed by atoms with E-state index in [1.54, 1.807) is 48.5 Å². The normalized spacial score (nSPS) is 17.0. The second-order valence-corrected chi connectivity index (χ2v) is 5.56. The second-order valence-electron chi connectivity index (χ2n) is 5.56. The van der Waals surface area contributed by atoms with Crippen LogP contribution < -0.4 is 15.5 Å². The van der Waals surface area contributed by atoms with Crippen molar-refractivity contribution in [3.8, 4) is 0 Å². The summed E-state index contributed by atoms with van der Waals surface area (Å²) in [6.45, 7) is 1.44. The number of nitrogens with one attached hydrogen (secondary N) is 2. The van der Waals surface area contributed by atoms with E-state index in [2.05, 4.69) is 10.6 Å². The van der Waals surface area contributed by atoms with Crippen molar-refractivity contribution in [2.75, 3.05) is 15.5 Å². The lowest BCUT2D eigenvalue weighted by Gasteiger charge is -2.16. The number of imide groups is 1. The molecule has 0 radical (unpaired) electrons. The van der Waals surface area contributed by atoms with E-state index in [1.807, 2.05) is 6.07 Å². The molecule has 3 amide bonds. The van der Waals surface area contributed by atoms with Gasteiger partial charge in [0.2, 0.25) is 11.8 Å². The molecule has 6 heteroatoms. The summed E-state index contributed by atoms with van der Waals surface area (Å²) in [5.74, 6) is -0.638. The lowest BCUT2D eigenvalue weighted by atomic mass is 10.2. The molecule has 0 spiro atoms. The number of rotatable bonds is 4. The van der Waals surface area contributed by atoms with Crippen LogP contribution in [0.3, 0.4) is 0 Å². The Morgan fingerprint density at radius 2 is 1.62 bits per heavy atom. The van der Waals surface area contributed by atoms with Crippen LogP contribution in [0.5, 0.6) is 0 Å². The zero-order chi connectivity index (χ0) is 17.1. The van der Waals surface area contributed by atoms with Crippen molar-refractivity contribution >= 4 is 34.8 Å². The molecule has 122 valence electrons. The molecule has 1 heterocycles. The number of carbonyl (C=O) groups is 3. The third-order valence-electron chi connectivity index (χ3n) is 3.71. The topological polar surface area (TPSA) is 78.5 Å². The minimum atomic E-state index is -0.593. The van der Waals surface area contributed by atoms with Crippen LogP contribution in [-0.4, -0.2) is 23.8 Å². The van der Waals surface area contributed by atoms with E-state index < -0.39 is 6.04 Å². The fourth-order valence-corrected chi connectivity index (χ4v) is 2.65. The van der Waals surface area contributed by atoms with Gasteiger partial charge in [0.05, 0.1) is 12.1 Å². The minimum absolute atomic E-state index is 0.112. The van der Waals surface area contributed by atoms with Crippen molar-refractivity contribution in [2.24, 2.45) is 0 Å². The van der Waals surface area contributed by atoms with Gasteiger partial charge < -0.3 is 10.6 Å². The summed E-state index contributed by atoms with van der Waals surface area (Å²) < 4.78 is 0. The molecule has 2 N–H and O–H groups in total. The average Bonchev–Trinajstić information content (AvgIpc) is 2.83. The number of amides is 3. The highest BCUT2D eigenvalue weighted by atomic mass is 16.2. The van der Waals surface area contributed by atoms with E-state index in [0.717, 1.165) is 0 Å². The Hall–Kier alpha value is -3.15. The van der Waals surface area contributed by atoms with Crippen molar-refractivity contribution in [1.29, 1.82) is 0 Å². The van der Waals surface area contributed by atoms with Crippen LogP contribution in [0.4, 0.5) is 17.1 Å². The summed E-state index contributed by atoms with van der Waals surface area (Å²) in [5.41, 5.74) is 1.97. The number of anilines is 3. The van der Waals surface area contributed by atoms with E-state index in [-0.39, 0.29) is 24.1 Å². The SMILES string of the molecule is CC(=O)Nc1ccc(N[C@@H]2CC(=O)N(c3ccccc3)C2=O)cc1. The molecule has 0 bridgehead atoms. The Morgan fingerprint density at radius 3 is 2.25 bits per heavy atom. The van der Waals surface area contributed by atoms with Gasteiger partial charge in [0.25, 0.3) is 5.91 Å². The molecule has 0 saturated carbocycles. The predicted octanol–water partition coefficient (Wildman–Crippen LogP) is 2.39. The first-order chi connectivity index (χ1) is 11.5. The van der Waals surface area contributed by atoms with Crippen molar-refractivity contribution < 1.29 is 14.4 Å². The lowest BCUT2D eigenvalue weighted by molar-refractivity contribution is -0.121. The van der Waals surface area contributed by atoms with E-state index in [0.29, 0.717) is 17.1 Å². The smallest absolute Gasteiger partial charge is 0.256 e. The largest absolute Gasteiger partial charge is 0.373 e. The van der Waals surface area contributed by atoms with Crippen LogP contribution in [0.15, 0.2) is 54.6 Å². The monoisotopic (exact) mass is 323 g/mol. The number of benzene rings is 2. The molecule has 2 aromatic carbocycles. The Labute approximate surface area is 139 Å². The zero-order valence-electron chi connectivity index (χ0n) is 13.2. The number of hydrogen-bond donors (Lipinski definition) is 2. The van der Waals surface area contributed by atoms with Gasteiger partial charge in [0.1, 0.15) is 6.04 Å². The van der Waals surface area contributed by atoms with Gasteiger partial charge in [-0.2, -0.15) is 0 Å². The van der Waals surface area contributed by atoms with E-state index in [1.165, 1.54) is 11.8 Å². The van der Waals surface area contributed by atoms with Crippen LogP contribution >= 0.6 is 0 Å².